The molecule has 1 atom stereocenters. The van der Waals surface area contributed by atoms with Crippen LogP contribution in [0.15, 0.2) is 42.1 Å². The number of aromatic nitrogens is 1. The zero-order valence-electron chi connectivity index (χ0n) is 26.0. The van der Waals surface area contributed by atoms with Crippen LogP contribution >= 0.6 is 11.3 Å². The molecule has 0 bridgehead atoms. The van der Waals surface area contributed by atoms with Gasteiger partial charge in [0.05, 0.1) is 11.6 Å². The standard InChI is InChI=1S/C32H44N6O3S/c1-19(2)17-34-26-12-10-21(18-35-26)23-15-22(11-9-20(23)3)36-30(41)37-27-24(16-25(42-27)31(4,5)6)28(39)38-14-13-33-29(40)32(38,7)8/h9-10,12,15-16,18-19,22H,11,13-14,17H2,1-8H3,(H,33,40)(H,34,35)(H2,36,37,41). The molecule has 0 aromatic carbocycles. The molecular formula is C32H44N6O3S. The van der Waals surface area contributed by atoms with Crippen molar-refractivity contribution in [3.05, 3.63) is 58.1 Å². The normalized spacial score (nSPS) is 18.6. The molecule has 1 saturated heterocycles. The molecule has 0 saturated carbocycles. The molecule has 2 aliphatic rings. The predicted octanol–water partition coefficient (Wildman–Crippen LogP) is 5.78. The number of hydrogen-bond acceptors (Lipinski definition) is 6. The van der Waals surface area contributed by atoms with E-state index < -0.39 is 5.54 Å². The Morgan fingerprint density at radius 1 is 1.24 bits per heavy atom. The van der Waals surface area contributed by atoms with Crippen molar-refractivity contribution >= 4 is 45.6 Å². The second-order valence-corrected chi connectivity index (χ2v) is 14.0. The van der Waals surface area contributed by atoms with E-state index in [1.54, 1.807) is 18.7 Å². The zero-order chi connectivity index (χ0) is 30.8. The number of anilines is 2. The van der Waals surface area contributed by atoms with Gasteiger partial charge in [0.25, 0.3) is 5.91 Å². The number of nitrogens with one attached hydrogen (secondary N) is 4. The Kier molecular flexibility index (Phi) is 9.15. The van der Waals surface area contributed by atoms with E-state index in [9.17, 15) is 14.4 Å². The van der Waals surface area contributed by atoms with Crippen molar-refractivity contribution in [2.24, 2.45) is 5.92 Å². The highest BCUT2D eigenvalue weighted by atomic mass is 32.1. The predicted molar refractivity (Wildman–Crippen MR) is 171 cm³/mol. The number of amides is 4. The second-order valence-electron chi connectivity index (χ2n) is 13.0. The number of piperazine rings is 1. The molecule has 2 aromatic heterocycles. The van der Waals surface area contributed by atoms with Crippen LogP contribution < -0.4 is 21.3 Å². The van der Waals surface area contributed by atoms with Crippen molar-refractivity contribution < 1.29 is 14.4 Å². The Hall–Kier alpha value is -3.66. The summed E-state index contributed by atoms with van der Waals surface area (Å²) in [4.78, 5) is 46.7. The summed E-state index contributed by atoms with van der Waals surface area (Å²) in [5, 5.41) is 12.7. The number of urea groups is 1. The number of nitrogens with zero attached hydrogens (tertiary/aromatic N) is 2. The van der Waals surface area contributed by atoms with E-state index in [0.717, 1.165) is 33.9 Å². The number of rotatable bonds is 7. The molecule has 1 aliphatic carbocycles. The van der Waals surface area contributed by atoms with Crippen LogP contribution in [0.1, 0.15) is 82.6 Å². The fraction of sp³-hybridized carbons (Fsp3) is 0.500. The van der Waals surface area contributed by atoms with Crippen molar-refractivity contribution in [1.29, 1.82) is 0 Å². The topological polar surface area (TPSA) is 115 Å². The summed E-state index contributed by atoms with van der Waals surface area (Å²) in [7, 11) is 0. The molecule has 3 heterocycles. The Balaban J connectivity index is 1.52. The highest BCUT2D eigenvalue weighted by Gasteiger charge is 2.42. The van der Waals surface area contributed by atoms with Crippen LogP contribution in [0, 0.1) is 5.92 Å². The number of hydrogen-bond donors (Lipinski definition) is 4. The quantitative estimate of drug-likeness (QED) is 0.325. The maximum absolute atomic E-state index is 13.8. The van der Waals surface area contributed by atoms with E-state index in [2.05, 4.69) is 79.9 Å². The summed E-state index contributed by atoms with van der Waals surface area (Å²) in [6.07, 6.45) is 6.69. The Morgan fingerprint density at radius 3 is 2.62 bits per heavy atom. The third-order valence-corrected chi connectivity index (χ3v) is 9.05. The van der Waals surface area contributed by atoms with E-state index in [4.69, 9.17) is 0 Å². The van der Waals surface area contributed by atoms with Gasteiger partial charge < -0.3 is 20.9 Å². The first kappa shape index (κ1) is 31.3. The maximum Gasteiger partial charge on any atom is 0.320 e. The number of thiophene rings is 1. The summed E-state index contributed by atoms with van der Waals surface area (Å²) in [5.41, 5.74) is 2.33. The highest BCUT2D eigenvalue weighted by Crippen LogP contribution is 2.38. The molecule has 4 amide bonds. The van der Waals surface area contributed by atoms with Crippen molar-refractivity contribution in [2.45, 2.75) is 78.8 Å². The zero-order valence-corrected chi connectivity index (χ0v) is 26.8. The van der Waals surface area contributed by atoms with Gasteiger partial charge in [-0.2, -0.15) is 0 Å². The number of pyridine rings is 1. The molecule has 1 fully saturated rings. The van der Waals surface area contributed by atoms with Gasteiger partial charge in [-0.1, -0.05) is 46.8 Å². The molecule has 42 heavy (non-hydrogen) atoms. The smallest absolute Gasteiger partial charge is 0.320 e. The van der Waals surface area contributed by atoms with Crippen LogP contribution in [0.4, 0.5) is 15.6 Å². The minimum absolute atomic E-state index is 0.194. The Labute approximate surface area is 253 Å². The molecule has 226 valence electrons. The largest absolute Gasteiger partial charge is 0.370 e. The Bertz CT molecular complexity index is 1400. The first-order chi connectivity index (χ1) is 19.7. The molecule has 4 rings (SSSR count). The molecule has 2 aromatic rings. The Morgan fingerprint density at radius 2 is 1.98 bits per heavy atom. The average molecular weight is 593 g/mol. The van der Waals surface area contributed by atoms with Crippen LogP contribution in [0.3, 0.4) is 0 Å². The number of allylic oxidation sites excluding steroid dienone is 2. The van der Waals surface area contributed by atoms with Gasteiger partial charge in [0.2, 0.25) is 5.91 Å². The van der Waals surface area contributed by atoms with E-state index in [1.807, 2.05) is 24.4 Å². The van der Waals surface area contributed by atoms with Crippen molar-refractivity contribution in [3.8, 4) is 0 Å². The van der Waals surface area contributed by atoms with Gasteiger partial charge in [-0.05, 0) is 67.9 Å². The van der Waals surface area contributed by atoms with Gasteiger partial charge in [0.15, 0.2) is 0 Å². The van der Waals surface area contributed by atoms with Crippen LogP contribution in [0.5, 0.6) is 0 Å². The van der Waals surface area contributed by atoms with Crippen LogP contribution in [-0.2, 0) is 10.2 Å². The lowest BCUT2D eigenvalue weighted by atomic mass is 9.91. The van der Waals surface area contributed by atoms with Crippen LogP contribution in [-0.4, -0.2) is 58.9 Å². The van der Waals surface area contributed by atoms with E-state index >= 15 is 0 Å². The average Bonchev–Trinajstić information content (AvgIpc) is 3.34. The monoisotopic (exact) mass is 592 g/mol. The highest BCUT2D eigenvalue weighted by molar-refractivity contribution is 7.16. The summed E-state index contributed by atoms with van der Waals surface area (Å²) in [6.45, 7) is 17.7. The van der Waals surface area contributed by atoms with Crippen molar-refractivity contribution in [3.63, 3.8) is 0 Å². The third kappa shape index (κ3) is 7.03. The lowest BCUT2D eigenvalue weighted by Gasteiger charge is -2.41. The molecule has 1 unspecified atom stereocenters. The number of carbonyl (C=O) groups excluding carboxylic acids is 3. The second kappa shape index (κ2) is 12.3. The molecule has 0 spiro atoms. The van der Waals surface area contributed by atoms with Gasteiger partial charge >= 0.3 is 6.03 Å². The fourth-order valence-corrected chi connectivity index (χ4v) is 6.03. The van der Waals surface area contributed by atoms with Crippen LogP contribution in [0.25, 0.3) is 5.57 Å². The minimum Gasteiger partial charge on any atom is -0.370 e. The van der Waals surface area contributed by atoms with Gasteiger partial charge in [-0.15, -0.1) is 11.3 Å². The van der Waals surface area contributed by atoms with Crippen LogP contribution in [0.2, 0.25) is 0 Å². The van der Waals surface area contributed by atoms with E-state index in [-0.39, 0.29) is 29.3 Å². The third-order valence-electron chi connectivity index (χ3n) is 7.58. The summed E-state index contributed by atoms with van der Waals surface area (Å²) >= 11 is 1.39. The minimum atomic E-state index is -0.996. The van der Waals surface area contributed by atoms with Crippen molar-refractivity contribution in [1.82, 2.24) is 20.5 Å². The van der Waals surface area contributed by atoms with Gasteiger partial charge in [-0.3, -0.25) is 14.9 Å². The van der Waals surface area contributed by atoms with Gasteiger partial charge in [-0.25, -0.2) is 9.78 Å². The lowest BCUT2D eigenvalue weighted by Crippen LogP contribution is -2.63. The summed E-state index contributed by atoms with van der Waals surface area (Å²) in [6, 6.07) is 5.25. The lowest BCUT2D eigenvalue weighted by molar-refractivity contribution is -0.133. The molecular weight excluding hydrogens is 548 g/mol. The number of carbonyl (C=O) groups is 3. The molecule has 4 N–H and O–H groups in total. The first-order valence-electron chi connectivity index (χ1n) is 14.6. The molecule has 9 nitrogen and oxygen atoms in total. The molecule has 10 heteroatoms. The summed E-state index contributed by atoms with van der Waals surface area (Å²) in [5.74, 6) is 0.899. The molecule has 0 radical (unpaired) electrons. The maximum atomic E-state index is 13.8. The fourth-order valence-electron chi connectivity index (χ4n) is 4.93. The summed E-state index contributed by atoms with van der Waals surface area (Å²) < 4.78 is 0. The first-order valence-corrected chi connectivity index (χ1v) is 15.4. The van der Waals surface area contributed by atoms with E-state index in [0.29, 0.717) is 36.0 Å². The van der Waals surface area contributed by atoms with Gasteiger partial charge in [0.1, 0.15) is 16.4 Å². The SMILES string of the molecule is CC1=CCC(NC(=O)Nc2sc(C(C)(C)C)cc2C(=O)N2CCNC(=O)C2(C)C)C=C1c1ccc(NCC(C)C)nc1. The van der Waals surface area contributed by atoms with Crippen molar-refractivity contribution in [2.75, 3.05) is 30.3 Å². The van der Waals surface area contributed by atoms with Gasteiger partial charge in [0, 0.05) is 36.3 Å². The van der Waals surface area contributed by atoms with E-state index in [1.165, 1.54) is 11.3 Å². The molecule has 1 aliphatic heterocycles.